The van der Waals surface area contributed by atoms with Crippen molar-refractivity contribution in [2.45, 2.75) is 30.1 Å². The number of hydrazine groups is 1. The van der Waals surface area contributed by atoms with Gasteiger partial charge in [0.1, 0.15) is 29.8 Å². The summed E-state index contributed by atoms with van der Waals surface area (Å²) in [6.45, 7) is -2.46. The van der Waals surface area contributed by atoms with Crippen LogP contribution >= 0.6 is 0 Å². The maximum absolute atomic E-state index is 14.1. The lowest BCUT2D eigenvalue weighted by Gasteiger charge is -2.44. The van der Waals surface area contributed by atoms with Crippen LogP contribution in [0.4, 0.5) is 0 Å². The zero-order valence-corrected chi connectivity index (χ0v) is 22.8. The summed E-state index contributed by atoms with van der Waals surface area (Å²) >= 11 is 0. The predicted molar refractivity (Wildman–Crippen MR) is 153 cm³/mol. The first-order valence-electron chi connectivity index (χ1n) is 13.7. The van der Waals surface area contributed by atoms with Crippen LogP contribution in [0.5, 0.6) is 11.5 Å². The third-order valence-electron chi connectivity index (χ3n) is 8.56. The molecule has 0 saturated carbocycles. The Balaban J connectivity index is 1.66. The number of nitrogens with zero attached hydrogens (tertiary/aromatic N) is 2. The molecule has 2 aliphatic rings. The Labute approximate surface area is 246 Å². The van der Waals surface area contributed by atoms with Gasteiger partial charge >= 0.3 is 0 Å². The number of aliphatic hydroxyl groups excluding tert-OH is 5. The molecule has 0 bridgehead atoms. The van der Waals surface area contributed by atoms with Crippen LogP contribution in [0, 0.1) is 0 Å². The summed E-state index contributed by atoms with van der Waals surface area (Å²) < 4.78 is 6.77. The van der Waals surface area contributed by atoms with Crippen LogP contribution in [0.15, 0.2) is 36.4 Å². The number of phenols is 2. The van der Waals surface area contributed by atoms with Crippen molar-refractivity contribution < 1.29 is 55.2 Å². The molecule has 2 aromatic heterocycles. The van der Waals surface area contributed by atoms with Crippen molar-refractivity contribution in [1.29, 1.82) is 0 Å². The molecule has 4 atom stereocenters. The van der Waals surface area contributed by atoms with Crippen LogP contribution in [0.3, 0.4) is 0 Å². The van der Waals surface area contributed by atoms with Crippen molar-refractivity contribution in [3.05, 3.63) is 47.5 Å². The van der Waals surface area contributed by atoms with E-state index >= 15 is 0 Å². The molecule has 2 amide bonds. The van der Waals surface area contributed by atoms with E-state index in [-0.39, 0.29) is 55.3 Å². The zero-order valence-electron chi connectivity index (χ0n) is 22.8. The number of hydrogen-bond acceptors (Lipinski definition) is 12. The molecule has 5 aromatic rings. The van der Waals surface area contributed by atoms with Crippen LogP contribution < -0.4 is 5.43 Å². The van der Waals surface area contributed by atoms with Crippen molar-refractivity contribution in [1.82, 2.24) is 20.0 Å². The SMILES string of the molecule is O=C1c2c(c3c4ccc(O)cc4n(C4(O)COC(CO)C(O)C4O)c3c3[nH]c4cc(O)ccc4c23)C(=O)N1NC(CO)CO. The third kappa shape index (κ3) is 3.66. The third-order valence-corrected chi connectivity index (χ3v) is 8.56. The van der Waals surface area contributed by atoms with E-state index < -0.39 is 68.3 Å². The van der Waals surface area contributed by atoms with Gasteiger partial charge in [0.15, 0.2) is 5.72 Å². The summed E-state index contributed by atoms with van der Waals surface area (Å²) in [7, 11) is 0. The van der Waals surface area contributed by atoms with Gasteiger partial charge in [-0.2, -0.15) is 0 Å². The number of aromatic hydroxyl groups is 2. The van der Waals surface area contributed by atoms with Crippen LogP contribution in [0.2, 0.25) is 0 Å². The number of rotatable bonds is 6. The summed E-state index contributed by atoms with van der Waals surface area (Å²) in [5.41, 5.74) is 0.757. The number of aromatic nitrogens is 2. The van der Waals surface area contributed by atoms with Gasteiger partial charge in [0, 0.05) is 33.7 Å². The van der Waals surface area contributed by atoms with E-state index in [0.29, 0.717) is 15.9 Å². The van der Waals surface area contributed by atoms with E-state index in [0.717, 1.165) is 0 Å². The minimum Gasteiger partial charge on any atom is -0.508 e. The highest BCUT2D eigenvalue weighted by molar-refractivity contribution is 6.39. The van der Waals surface area contributed by atoms with E-state index in [9.17, 15) is 50.4 Å². The number of carbonyl (C=O) groups excluding carboxylic acids is 2. The molecule has 4 unspecified atom stereocenters. The van der Waals surface area contributed by atoms with Gasteiger partial charge < -0.3 is 55.1 Å². The number of fused-ring (bicyclic) bond motifs is 10. The first-order chi connectivity index (χ1) is 21.0. The second-order valence-corrected chi connectivity index (χ2v) is 11.1. The summed E-state index contributed by atoms with van der Waals surface area (Å²) in [6.07, 6.45) is -4.89. The topological polar surface area (TPSA) is 241 Å². The molecule has 3 aromatic carbocycles. The highest BCUT2D eigenvalue weighted by atomic mass is 16.5. The van der Waals surface area contributed by atoms with Gasteiger partial charge in [-0.05, 0) is 24.3 Å². The Hall–Kier alpha value is -4.32. The summed E-state index contributed by atoms with van der Waals surface area (Å²) in [5.74, 6) is -1.97. The van der Waals surface area contributed by atoms with Crippen LogP contribution in [0.1, 0.15) is 20.7 Å². The number of nitrogens with one attached hydrogen (secondary N) is 2. The normalized spacial score (nSPS) is 24.2. The number of amides is 2. The maximum Gasteiger partial charge on any atom is 0.276 e. The maximum atomic E-state index is 14.1. The van der Waals surface area contributed by atoms with Crippen molar-refractivity contribution in [3.8, 4) is 11.5 Å². The van der Waals surface area contributed by atoms with Gasteiger partial charge in [-0.15, -0.1) is 0 Å². The molecule has 1 fully saturated rings. The fourth-order valence-corrected chi connectivity index (χ4v) is 6.47. The highest BCUT2D eigenvalue weighted by Crippen LogP contribution is 2.48. The monoisotopic (exact) mass is 608 g/mol. The van der Waals surface area contributed by atoms with Crippen LogP contribution in [-0.2, 0) is 10.5 Å². The molecular formula is C29H28N4O11. The van der Waals surface area contributed by atoms with E-state index in [1.54, 1.807) is 0 Å². The number of ether oxygens (including phenoxy) is 1. The van der Waals surface area contributed by atoms with E-state index in [1.165, 1.54) is 41.0 Å². The molecule has 15 heteroatoms. The Kier molecular flexibility index (Phi) is 6.37. The molecule has 15 nitrogen and oxygen atoms in total. The minimum absolute atomic E-state index is 0.0449. The summed E-state index contributed by atoms with van der Waals surface area (Å²) in [5, 5.41) is 85.6. The Morgan fingerprint density at radius 3 is 2.25 bits per heavy atom. The molecule has 2 aliphatic heterocycles. The molecule has 4 heterocycles. The fourth-order valence-electron chi connectivity index (χ4n) is 6.47. The second-order valence-electron chi connectivity index (χ2n) is 11.1. The molecular weight excluding hydrogens is 580 g/mol. The van der Waals surface area contributed by atoms with Gasteiger partial charge in [0.2, 0.25) is 0 Å². The molecule has 7 rings (SSSR count). The van der Waals surface area contributed by atoms with Crippen molar-refractivity contribution in [3.63, 3.8) is 0 Å². The van der Waals surface area contributed by atoms with Gasteiger partial charge in [-0.25, -0.2) is 10.4 Å². The van der Waals surface area contributed by atoms with Gasteiger partial charge in [0.05, 0.1) is 65.7 Å². The molecule has 0 radical (unpaired) electrons. The van der Waals surface area contributed by atoms with Crippen molar-refractivity contribution >= 4 is 55.4 Å². The first kappa shape index (κ1) is 28.5. The highest BCUT2D eigenvalue weighted by Gasteiger charge is 2.52. The first-order valence-corrected chi connectivity index (χ1v) is 13.7. The lowest BCUT2D eigenvalue weighted by molar-refractivity contribution is -0.270. The molecule has 10 N–H and O–H groups in total. The van der Waals surface area contributed by atoms with Crippen molar-refractivity contribution in [2.24, 2.45) is 0 Å². The van der Waals surface area contributed by atoms with E-state index in [2.05, 4.69) is 10.4 Å². The van der Waals surface area contributed by atoms with Gasteiger partial charge in [0.25, 0.3) is 11.8 Å². The number of carbonyl (C=O) groups is 2. The number of phenolic OH excluding ortho intramolecular Hbond substituents is 2. The molecule has 1 saturated heterocycles. The summed E-state index contributed by atoms with van der Waals surface area (Å²) in [6, 6.07) is 7.36. The molecule has 230 valence electrons. The number of H-pyrrole nitrogens is 1. The number of aliphatic hydroxyl groups is 6. The van der Waals surface area contributed by atoms with Crippen molar-refractivity contribution in [2.75, 3.05) is 26.4 Å². The quantitative estimate of drug-likeness (QED) is 0.105. The standard InChI is InChI=1S/C29H28N4O11/c34-7-11(8-35)31-33-27(41)21-19-14-3-1-12(37)5-16(14)30-23(19)24-20(22(21)28(33)42)15-4-2-13(38)6-17(15)32(24)29(43)10-44-18(9-36)25(39)26(29)40/h1-6,11,18,25-26,30-31,34-40,43H,7-10H2. The Bertz CT molecular complexity index is 2020. The zero-order chi connectivity index (χ0) is 31.2. The van der Waals surface area contributed by atoms with Gasteiger partial charge in [-0.3, -0.25) is 9.59 Å². The number of imide groups is 1. The smallest absolute Gasteiger partial charge is 0.276 e. The number of hydrogen-bond donors (Lipinski definition) is 10. The fraction of sp³-hybridized carbons (Fsp3) is 0.310. The predicted octanol–water partition coefficient (Wildman–Crippen LogP) is -0.948. The molecule has 44 heavy (non-hydrogen) atoms. The number of benzene rings is 3. The van der Waals surface area contributed by atoms with E-state index in [1.807, 2.05) is 0 Å². The Morgan fingerprint density at radius 1 is 0.955 bits per heavy atom. The number of aromatic amines is 1. The van der Waals surface area contributed by atoms with Crippen LogP contribution in [-0.4, -0.2) is 118 Å². The molecule has 0 spiro atoms. The lowest BCUT2D eigenvalue weighted by Crippen LogP contribution is -2.62. The largest absolute Gasteiger partial charge is 0.508 e. The summed E-state index contributed by atoms with van der Waals surface area (Å²) in [4.78, 5) is 31.2. The van der Waals surface area contributed by atoms with Gasteiger partial charge in [-0.1, -0.05) is 0 Å². The molecule has 0 aliphatic carbocycles. The average molecular weight is 609 g/mol. The second kappa shape index (κ2) is 9.85. The minimum atomic E-state index is -2.43. The lowest BCUT2D eigenvalue weighted by atomic mass is 9.93. The van der Waals surface area contributed by atoms with E-state index in [4.69, 9.17) is 4.74 Å². The van der Waals surface area contributed by atoms with Crippen LogP contribution in [0.25, 0.3) is 43.6 Å². The Morgan fingerprint density at radius 2 is 1.59 bits per heavy atom. The average Bonchev–Trinajstić information content (AvgIpc) is 3.62.